The van der Waals surface area contributed by atoms with Crippen LogP contribution in [-0.2, 0) is 6.42 Å². The Bertz CT molecular complexity index is 640. The molecule has 2 aromatic rings. The van der Waals surface area contributed by atoms with E-state index in [1.807, 2.05) is 13.0 Å². The number of furan rings is 1. The normalized spacial score (nSPS) is 11.8. The predicted octanol–water partition coefficient (Wildman–Crippen LogP) is 3.47. The molecule has 0 amide bonds. The highest BCUT2D eigenvalue weighted by molar-refractivity contribution is 6.03. The van der Waals surface area contributed by atoms with Crippen LogP contribution < -0.4 is 0 Å². The van der Waals surface area contributed by atoms with Crippen LogP contribution >= 0.6 is 0 Å². The molecule has 0 saturated heterocycles. The van der Waals surface area contributed by atoms with Crippen LogP contribution in [0.15, 0.2) is 41.0 Å². The van der Waals surface area contributed by atoms with Gasteiger partial charge in [0.25, 0.3) is 0 Å². The number of aryl methyl sites for hydroxylation is 1. The van der Waals surface area contributed by atoms with Crippen molar-refractivity contribution >= 4 is 5.78 Å². The van der Waals surface area contributed by atoms with E-state index in [0.717, 1.165) is 0 Å². The number of carbonyl (C=O) groups excluding carboxylic acids is 1. The first kappa shape index (κ1) is 13.0. The van der Waals surface area contributed by atoms with Gasteiger partial charge in [-0.1, -0.05) is 25.1 Å². The van der Waals surface area contributed by atoms with E-state index in [4.69, 9.17) is 9.68 Å². The summed E-state index contributed by atoms with van der Waals surface area (Å²) in [5.41, 5.74) is 0.440. The summed E-state index contributed by atoms with van der Waals surface area (Å²) in [5, 5.41) is 9.17. The summed E-state index contributed by atoms with van der Waals surface area (Å²) in [6.45, 7) is 1.85. The smallest absolute Gasteiger partial charge is 0.188 e. The fraction of sp³-hybridized carbons (Fsp3) is 0.200. The molecule has 0 bridgehead atoms. The molecule has 1 heterocycles. The molecule has 1 aromatic carbocycles. The molecule has 1 unspecified atom stereocenters. The topological polar surface area (TPSA) is 54.0 Å². The highest BCUT2D eigenvalue weighted by atomic mass is 19.1. The molecule has 0 spiro atoms. The van der Waals surface area contributed by atoms with E-state index in [1.54, 1.807) is 6.07 Å². The Morgan fingerprint density at radius 3 is 2.79 bits per heavy atom. The molecule has 0 N–H and O–H groups in total. The van der Waals surface area contributed by atoms with Crippen LogP contribution in [-0.4, -0.2) is 5.78 Å². The number of nitriles is 1. The molecular weight excluding hydrogens is 245 g/mol. The number of rotatable bonds is 4. The van der Waals surface area contributed by atoms with Gasteiger partial charge in [-0.2, -0.15) is 5.26 Å². The summed E-state index contributed by atoms with van der Waals surface area (Å²) in [7, 11) is 0. The third kappa shape index (κ3) is 2.41. The van der Waals surface area contributed by atoms with E-state index in [0.29, 0.717) is 17.7 Å². The minimum atomic E-state index is -1.15. The molecular formula is C15H12FNO2. The molecule has 0 aliphatic rings. The number of ketones is 1. The van der Waals surface area contributed by atoms with Crippen LogP contribution in [0.25, 0.3) is 0 Å². The lowest BCUT2D eigenvalue weighted by Crippen LogP contribution is -2.13. The Morgan fingerprint density at radius 1 is 1.42 bits per heavy atom. The average Bonchev–Trinajstić information content (AvgIpc) is 2.89. The van der Waals surface area contributed by atoms with Crippen molar-refractivity contribution in [2.45, 2.75) is 19.3 Å². The molecule has 2 rings (SSSR count). The van der Waals surface area contributed by atoms with Crippen molar-refractivity contribution in [2.75, 3.05) is 0 Å². The average molecular weight is 257 g/mol. The lowest BCUT2D eigenvalue weighted by atomic mass is 9.91. The van der Waals surface area contributed by atoms with E-state index in [2.05, 4.69) is 0 Å². The molecule has 96 valence electrons. The lowest BCUT2D eigenvalue weighted by Gasteiger charge is -2.09. The Balaban J connectivity index is 2.42. The third-order valence-corrected chi connectivity index (χ3v) is 2.94. The second kappa shape index (κ2) is 5.49. The second-order valence-electron chi connectivity index (χ2n) is 4.06. The highest BCUT2D eigenvalue weighted by Crippen LogP contribution is 2.25. The van der Waals surface area contributed by atoms with Gasteiger partial charge in [-0.15, -0.1) is 0 Å². The quantitative estimate of drug-likeness (QED) is 0.788. The minimum absolute atomic E-state index is 0.0956. The van der Waals surface area contributed by atoms with E-state index >= 15 is 0 Å². The summed E-state index contributed by atoms with van der Waals surface area (Å²) in [4.78, 5) is 12.3. The number of hydrogen-bond donors (Lipinski definition) is 0. The van der Waals surface area contributed by atoms with Gasteiger partial charge in [-0.3, -0.25) is 4.79 Å². The lowest BCUT2D eigenvalue weighted by molar-refractivity contribution is 0.0975. The number of halogens is 1. The van der Waals surface area contributed by atoms with Crippen LogP contribution in [0.5, 0.6) is 0 Å². The Morgan fingerprint density at radius 2 is 2.16 bits per heavy atom. The first-order chi connectivity index (χ1) is 9.19. The summed E-state index contributed by atoms with van der Waals surface area (Å²) in [6.07, 6.45) is 1.95. The van der Waals surface area contributed by atoms with Crippen molar-refractivity contribution in [1.82, 2.24) is 0 Å². The van der Waals surface area contributed by atoms with Crippen molar-refractivity contribution in [3.63, 3.8) is 0 Å². The Labute approximate surface area is 110 Å². The predicted molar refractivity (Wildman–Crippen MR) is 67.2 cm³/mol. The van der Waals surface area contributed by atoms with Crippen molar-refractivity contribution in [3.8, 4) is 6.07 Å². The zero-order chi connectivity index (χ0) is 13.8. The molecule has 19 heavy (non-hydrogen) atoms. The number of carbonyl (C=O) groups is 1. The van der Waals surface area contributed by atoms with E-state index in [1.165, 1.54) is 30.5 Å². The van der Waals surface area contributed by atoms with Gasteiger partial charge in [0.05, 0.1) is 17.9 Å². The molecule has 1 atom stereocenters. The largest absolute Gasteiger partial charge is 0.469 e. The van der Waals surface area contributed by atoms with E-state index in [9.17, 15) is 9.18 Å². The fourth-order valence-electron chi connectivity index (χ4n) is 1.97. The Hall–Kier alpha value is -2.41. The first-order valence-electron chi connectivity index (χ1n) is 5.93. The van der Waals surface area contributed by atoms with Gasteiger partial charge in [0.15, 0.2) is 5.78 Å². The van der Waals surface area contributed by atoms with Gasteiger partial charge in [-0.05, 0) is 12.1 Å². The highest BCUT2D eigenvalue weighted by Gasteiger charge is 2.27. The SMILES string of the molecule is CCc1occc1C(=O)C(C#N)c1ccccc1F. The van der Waals surface area contributed by atoms with Gasteiger partial charge in [0.2, 0.25) is 0 Å². The number of nitrogens with zero attached hydrogens (tertiary/aromatic N) is 1. The maximum Gasteiger partial charge on any atom is 0.188 e. The van der Waals surface area contributed by atoms with E-state index < -0.39 is 17.5 Å². The molecule has 3 nitrogen and oxygen atoms in total. The molecule has 0 aliphatic heterocycles. The maximum atomic E-state index is 13.7. The van der Waals surface area contributed by atoms with Crippen molar-refractivity contribution < 1.29 is 13.6 Å². The molecule has 0 saturated carbocycles. The van der Waals surface area contributed by atoms with Gasteiger partial charge >= 0.3 is 0 Å². The van der Waals surface area contributed by atoms with Crippen LogP contribution in [0.4, 0.5) is 4.39 Å². The molecule has 4 heteroatoms. The first-order valence-corrected chi connectivity index (χ1v) is 5.93. The molecule has 0 fully saturated rings. The number of Topliss-reactive ketones (excluding diaryl/α,β-unsaturated/α-hetero) is 1. The van der Waals surface area contributed by atoms with Crippen molar-refractivity contribution in [2.24, 2.45) is 0 Å². The van der Waals surface area contributed by atoms with Crippen LogP contribution in [0.3, 0.4) is 0 Å². The molecule has 0 aliphatic carbocycles. The fourth-order valence-corrected chi connectivity index (χ4v) is 1.97. The zero-order valence-corrected chi connectivity index (χ0v) is 10.4. The molecule has 0 radical (unpaired) electrons. The monoisotopic (exact) mass is 257 g/mol. The summed E-state index contributed by atoms with van der Waals surface area (Å²) < 4.78 is 18.9. The van der Waals surface area contributed by atoms with Gasteiger partial charge < -0.3 is 4.42 Å². The van der Waals surface area contributed by atoms with Crippen LogP contribution in [0.2, 0.25) is 0 Å². The maximum absolute atomic E-state index is 13.7. The van der Waals surface area contributed by atoms with Gasteiger partial charge in [-0.25, -0.2) is 4.39 Å². The second-order valence-corrected chi connectivity index (χ2v) is 4.06. The van der Waals surface area contributed by atoms with E-state index in [-0.39, 0.29) is 5.56 Å². The van der Waals surface area contributed by atoms with Crippen molar-refractivity contribution in [3.05, 3.63) is 59.3 Å². The standard InChI is InChI=1S/C15H12FNO2/c1-2-14-11(7-8-19-14)15(18)12(9-17)10-5-3-4-6-13(10)16/h3-8,12H,2H2,1H3. The number of benzene rings is 1. The zero-order valence-electron chi connectivity index (χ0n) is 10.4. The van der Waals surface area contributed by atoms with Crippen molar-refractivity contribution in [1.29, 1.82) is 5.26 Å². The van der Waals surface area contributed by atoms with Crippen LogP contribution in [0.1, 0.15) is 34.5 Å². The Kier molecular flexibility index (Phi) is 3.76. The van der Waals surface area contributed by atoms with Gasteiger partial charge in [0.1, 0.15) is 17.5 Å². The van der Waals surface area contributed by atoms with Crippen LogP contribution in [0, 0.1) is 17.1 Å². The summed E-state index contributed by atoms with van der Waals surface area (Å²) in [5.74, 6) is -1.62. The van der Waals surface area contributed by atoms with Gasteiger partial charge in [0, 0.05) is 12.0 Å². The molecule has 1 aromatic heterocycles. The minimum Gasteiger partial charge on any atom is -0.469 e. The summed E-state index contributed by atoms with van der Waals surface area (Å²) >= 11 is 0. The summed E-state index contributed by atoms with van der Waals surface area (Å²) in [6, 6.07) is 9.20. The third-order valence-electron chi connectivity index (χ3n) is 2.94. The number of hydrogen-bond acceptors (Lipinski definition) is 3.